The summed E-state index contributed by atoms with van der Waals surface area (Å²) in [6.45, 7) is -1.85. The summed E-state index contributed by atoms with van der Waals surface area (Å²) in [6, 6.07) is 0.144. The lowest BCUT2D eigenvalue weighted by Gasteiger charge is -2.19. The molecule has 0 bridgehead atoms. The third-order valence-electron chi connectivity index (χ3n) is 3.83. The van der Waals surface area contributed by atoms with Gasteiger partial charge in [0.05, 0.1) is 17.7 Å². The van der Waals surface area contributed by atoms with Crippen molar-refractivity contribution in [2.45, 2.75) is 38.2 Å². The molecular formula is C14H16F6N4O2. The van der Waals surface area contributed by atoms with Gasteiger partial charge in [0, 0.05) is 12.7 Å². The van der Waals surface area contributed by atoms with Crippen LogP contribution in [0.4, 0.5) is 31.1 Å². The minimum atomic E-state index is -4.53. The molecule has 0 atom stereocenters. The zero-order valence-electron chi connectivity index (χ0n) is 13.4. The van der Waals surface area contributed by atoms with E-state index in [1.165, 1.54) is 6.07 Å². The van der Waals surface area contributed by atoms with E-state index in [1.807, 2.05) is 0 Å². The van der Waals surface area contributed by atoms with E-state index in [-0.39, 0.29) is 38.0 Å². The molecular weight excluding hydrogens is 370 g/mol. The molecule has 1 aromatic heterocycles. The van der Waals surface area contributed by atoms with E-state index in [1.54, 1.807) is 0 Å². The first-order valence-corrected chi connectivity index (χ1v) is 7.61. The van der Waals surface area contributed by atoms with Crippen molar-refractivity contribution in [1.82, 2.24) is 20.6 Å². The van der Waals surface area contributed by atoms with E-state index >= 15 is 0 Å². The number of urea groups is 1. The molecule has 1 aromatic rings. The Morgan fingerprint density at radius 2 is 1.88 bits per heavy atom. The number of aromatic nitrogens is 2. The zero-order chi connectivity index (χ0) is 19.4. The standard InChI is InChI=1S/C14H16F6N4O2/c15-13(16,17)8-26-11-22-5-1-9(24-11)7-23-10(25)21-6-4-12(2-3-12)14(18,19)20/h1,5H,2-4,6-8H2,(H2,21,23,25). The van der Waals surface area contributed by atoms with E-state index in [2.05, 4.69) is 25.3 Å². The Morgan fingerprint density at radius 1 is 1.19 bits per heavy atom. The fourth-order valence-electron chi connectivity index (χ4n) is 2.17. The molecule has 26 heavy (non-hydrogen) atoms. The predicted molar refractivity (Wildman–Crippen MR) is 76.2 cm³/mol. The molecule has 0 unspecified atom stereocenters. The lowest BCUT2D eigenvalue weighted by atomic mass is 10.0. The third kappa shape index (κ3) is 5.92. The van der Waals surface area contributed by atoms with Crippen LogP contribution in [-0.2, 0) is 6.54 Å². The molecule has 2 rings (SSSR count). The van der Waals surface area contributed by atoms with Crippen LogP contribution in [0.15, 0.2) is 12.3 Å². The molecule has 0 spiro atoms. The maximum Gasteiger partial charge on any atom is 0.422 e. The van der Waals surface area contributed by atoms with Crippen molar-refractivity contribution in [1.29, 1.82) is 0 Å². The van der Waals surface area contributed by atoms with E-state index in [0.717, 1.165) is 6.20 Å². The number of rotatable bonds is 7. The molecule has 0 radical (unpaired) electrons. The number of halogens is 6. The van der Waals surface area contributed by atoms with Crippen molar-refractivity contribution in [3.8, 4) is 6.01 Å². The van der Waals surface area contributed by atoms with Gasteiger partial charge in [-0.1, -0.05) is 0 Å². The van der Waals surface area contributed by atoms with Crippen LogP contribution < -0.4 is 15.4 Å². The van der Waals surface area contributed by atoms with Crippen molar-refractivity contribution in [2.24, 2.45) is 5.41 Å². The van der Waals surface area contributed by atoms with E-state index in [0.29, 0.717) is 0 Å². The number of nitrogens with one attached hydrogen (secondary N) is 2. The van der Waals surface area contributed by atoms with Gasteiger partial charge in [-0.05, 0) is 25.3 Å². The van der Waals surface area contributed by atoms with Crippen molar-refractivity contribution in [3.63, 3.8) is 0 Å². The lowest BCUT2D eigenvalue weighted by molar-refractivity contribution is -0.188. The number of hydrogen-bond acceptors (Lipinski definition) is 4. The van der Waals surface area contributed by atoms with Gasteiger partial charge in [0.2, 0.25) is 0 Å². The summed E-state index contributed by atoms with van der Waals surface area (Å²) < 4.78 is 78.8. The van der Waals surface area contributed by atoms with Crippen LogP contribution >= 0.6 is 0 Å². The van der Waals surface area contributed by atoms with Gasteiger partial charge in [0.1, 0.15) is 0 Å². The topological polar surface area (TPSA) is 76.1 Å². The van der Waals surface area contributed by atoms with E-state index in [4.69, 9.17) is 0 Å². The summed E-state index contributed by atoms with van der Waals surface area (Å²) in [5, 5.41) is 4.65. The highest BCUT2D eigenvalue weighted by molar-refractivity contribution is 5.73. The normalized spacial score (nSPS) is 16.1. The van der Waals surface area contributed by atoms with Gasteiger partial charge in [-0.25, -0.2) is 9.78 Å². The summed E-state index contributed by atoms with van der Waals surface area (Å²) in [4.78, 5) is 18.8. The molecule has 6 nitrogen and oxygen atoms in total. The minimum absolute atomic E-state index is 0.0570. The quantitative estimate of drug-likeness (QED) is 0.707. The minimum Gasteiger partial charge on any atom is -0.454 e. The molecule has 0 saturated heterocycles. The molecule has 12 heteroatoms. The van der Waals surface area contributed by atoms with Crippen molar-refractivity contribution in [3.05, 3.63) is 18.0 Å². The van der Waals surface area contributed by atoms with Crippen LogP contribution in [0.2, 0.25) is 0 Å². The Bertz CT molecular complexity index is 631. The first-order chi connectivity index (χ1) is 12.0. The van der Waals surface area contributed by atoms with Crippen LogP contribution in [0.3, 0.4) is 0 Å². The zero-order valence-corrected chi connectivity index (χ0v) is 13.4. The largest absolute Gasteiger partial charge is 0.454 e. The molecule has 1 fully saturated rings. The number of carbonyl (C=O) groups is 1. The number of carbonyl (C=O) groups excluding carboxylic acids is 1. The maximum absolute atomic E-state index is 12.7. The SMILES string of the molecule is O=C(NCCC1(C(F)(F)F)CC1)NCc1ccnc(OCC(F)(F)F)n1. The average Bonchev–Trinajstić information content (AvgIpc) is 3.32. The highest BCUT2D eigenvalue weighted by Gasteiger charge is 2.62. The third-order valence-corrected chi connectivity index (χ3v) is 3.83. The predicted octanol–water partition coefficient (Wildman–Crippen LogP) is 2.95. The van der Waals surface area contributed by atoms with Gasteiger partial charge in [0.25, 0.3) is 0 Å². The van der Waals surface area contributed by atoms with E-state index < -0.39 is 36.4 Å². The molecule has 1 aliphatic carbocycles. The second-order valence-electron chi connectivity index (χ2n) is 5.87. The number of ether oxygens (including phenoxy) is 1. The highest BCUT2D eigenvalue weighted by atomic mass is 19.4. The highest BCUT2D eigenvalue weighted by Crippen LogP contribution is 2.59. The van der Waals surface area contributed by atoms with Gasteiger partial charge >= 0.3 is 24.4 Å². The summed E-state index contributed by atoms with van der Waals surface area (Å²) in [5.41, 5.74) is -1.52. The molecule has 1 heterocycles. The molecule has 2 N–H and O–H groups in total. The van der Waals surface area contributed by atoms with Gasteiger partial charge in [-0.15, -0.1) is 0 Å². The van der Waals surface area contributed by atoms with Crippen LogP contribution in [0.5, 0.6) is 6.01 Å². The molecule has 0 aromatic carbocycles. The van der Waals surface area contributed by atoms with Crippen molar-refractivity contribution >= 4 is 6.03 Å². The first-order valence-electron chi connectivity index (χ1n) is 7.61. The average molecular weight is 386 g/mol. The number of alkyl halides is 6. The molecule has 2 amide bonds. The van der Waals surface area contributed by atoms with Crippen LogP contribution in [0.1, 0.15) is 25.0 Å². The Balaban J connectivity index is 1.72. The Kier molecular flexibility index (Phi) is 5.81. The van der Waals surface area contributed by atoms with Gasteiger partial charge < -0.3 is 15.4 Å². The fourth-order valence-corrected chi connectivity index (χ4v) is 2.17. The van der Waals surface area contributed by atoms with Crippen LogP contribution in [-0.4, -0.2) is 41.5 Å². The van der Waals surface area contributed by atoms with Crippen LogP contribution in [0, 0.1) is 5.41 Å². The van der Waals surface area contributed by atoms with E-state index in [9.17, 15) is 31.1 Å². The van der Waals surface area contributed by atoms with Crippen molar-refractivity contribution < 1.29 is 35.9 Å². The maximum atomic E-state index is 12.7. The molecule has 146 valence electrons. The van der Waals surface area contributed by atoms with Gasteiger partial charge in [0.15, 0.2) is 6.61 Å². The van der Waals surface area contributed by atoms with Crippen LogP contribution in [0.25, 0.3) is 0 Å². The Labute approximate surface area is 144 Å². The lowest BCUT2D eigenvalue weighted by Crippen LogP contribution is -2.38. The summed E-state index contributed by atoms with van der Waals surface area (Å²) >= 11 is 0. The summed E-state index contributed by atoms with van der Waals surface area (Å²) in [5.74, 6) is 0. The Hall–Kier alpha value is -2.27. The molecule has 0 aliphatic heterocycles. The second-order valence-corrected chi connectivity index (χ2v) is 5.87. The number of nitrogens with zero attached hydrogens (tertiary/aromatic N) is 2. The second kappa shape index (κ2) is 7.54. The van der Waals surface area contributed by atoms with Gasteiger partial charge in [-0.2, -0.15) is 31.3 Å². The monoisotopic (exact) mass is 386 g/mol. The molecule has 1 saturated carbocycles. The Morgan fingerprint density at radius 3 is 2.46 bits per heavy atom. The number of amides is 2. The van der Waals surface area contributed by atoms with Gasteiger partial charge in [-0.3, -0.25) is 0 Å². The summed E-state index contributed by atoms with van der Waals surface area (Å²) in [6.07, 6.45) is -7.74. The molecule has 1 aliphatic rings. The summed E-state index contributed by atoms with van der Waals surface area (Å²) in [7, 11) is 0. The smallest absolute Gasteiger partial charge is 0.422 e. The van der Waals surface area contributed by atoms with Crippen molar-refractivity contribution in [2.75, 3.05) is 13.2 Å². The number of hydrogen-bond donors (Lipinski definition) is 2. The first kappa shape index (κ1) is 20.0. The fraction of sp³-hybridized carbons (Fsp3) is 0.643.